The third-order valence-corrected chi connectivity index (χ3v) is 3.52. The summed E-state index contributed by atoms with van der Waals surface area (Å²) in [6.07, 6.45) is 4.00. The van der Waals surface area contributed by atoms with Crippen molar-refractivity contribution in [3.05, 3.63) is 29.8 Å². The van der Waals surface area contributed by atoms with Gasteiger partial charge in [-0.15, -0.1) is 0 Å². The minimum absolute atomic E-state index is 0.132. The lowest BCUT2D eigenvalue weighted by atomic mass is 9.96. The Bertz CT molecular complexity index is 380. The Morgan fingerprint density at radius 2 is 2.17 bits per heavy atom. The molecule has 0 bridgehead atoms. The Kier molecular flexibility index (Phi) is 4.76. The third kappa shape index (κ3) is 3.84. The number of anilines is 1. The van der Waals surface area contributed by atoms with Crippen LogP contribution in [-0.2, 0) is 11.2 Å². The van der Waals surface area contributed by atoms with Crippen LogP contribution in [0.4, 0.5) is 5.69 Å². The van der Waals surface area contributed by atoms with Crippen molar-refractivity contribution in [1.29, 1.82) is 0 Å². The molecule has 1 aliphatic rings. The number of amides is 1. The number of hydrogen-bond donors (Lipinski definition) is 2. The van der Waals surface area contributed by atoms with Gasteiger partial charge < -0.3 is 10.6 Å². The van der Waals surface area contributed by atoms with E-state index in [0.717, 1.165) is 31.6 Å². The number of carbonyl (C=O) groups excluding carboxylic acids is 1. The second-order valence-corrected chi connectivity index (χ2v) is 5.02. The second kappa shape index (κ2) is 6.55. The van der Waals surface area contributed by atoms with Gasteiger partial charge in [-0.25, -0.2) is 0 Å². The van der Waals surface area contributed by atoms with Gasteiger partial charge in [0.05, 0.1) is 0 Å². The van der Waals surface area contributed by atoms with Crippen LogP contribution >= 0.6 is 0 Å². The van der Waals surface area contributed by atoms with E-state index < -0.39 is 0 Å². The Morgan fingerprint density at radius 3 is 2.78 bits per heavy atom. The van der Waals surface area contributed by atoms with Crippen LogP contribution in [0.3, 0.4) is 0 Å². The van der Waals surface area contributed by atoms with E-state index in [4.69, 9.17) is 0 Å². The van der Waals surface area contributed by atoms with Gasteiger partial charge in [0.1, 0.15) is 0 Å². The van der Waals surface area contributed by atoms with Crippen LogP contribution in [0.25, 0.3) is 0 Å². The molecule has 1 aliphatic heterocycles. The van der Waals surface area contributed by atoms with Crippen molar-refractivity contribution in [3.63, 3.8) is 0 Å². The van der Waals surface area contributed by atoms with E-state index in [1.807, 2.05) is 12.1 Å². The van der Waals surface area contributed by atoms with E-state index >= 15 is 0 Å². The first kappa shape index (κ1) is 13.1. The van der Waals surface area contributed by atoms with E-state index in [9.17, 15) is 4.79 Å². The van der Waals surface area contributed by atoms with Crippen molar-refractivity contribution < 1.29 is 4.79 Å². The summed E-state index contributed by atoms with van der Waals surface area (Å²) in [4.78, 5) is 11.9. The molecule has 3 heteroatoms. The van der Waals surface area contributed by atoms with Gasteiger partial charge in [-0.1, -0.05) is 19.1 Å². The highest BCUT2D eigenvalue weighted by Crippen LogP contribution is 2.16. The zero-order valence-electron chi connectivity index (χ0n) is 11.0. The van der Waals surface area contributed by atoms with Crippen molar-refractivity contribution >= 4 is 11.6 Å². The van der Waals surface area contributed by atoms with Crippen LogP contribution in [0.15, 0.2) is 24.3 Å². The molecule has 2 rings (SSSR count). The number of carbonyl (C=O) groups is 1. The van der Waals surface area contributed by atoms with Gasteiger partial charge in [-0.2, -0.15) is 0 Å². The molecule has 1 atom stereocenters. The number of benzene rings is 1. The van der Waals surface area contributed by atoms with Crippen molar-refractivity contribution in [2.45, 2.75) is 32.6 Å². The molecule has 98 valence electrons. The molecule has 1 heterocycles. The molecule has 2 N–H and O–H groups in total. The van der Waals surface area contributed by atoms with Crippen molar-refractivity contribution in [3.8, 4) is 0 Å². The summed E-state index contributed by atoms with van der Waals surface area (Å²) in [5.74, 6) is 0.626. The first-order valence-corrected chi connectivity index (χ1v) is 6.87. The lowest BCUT2D eigenvalue weighted by Crippen LogP contribution is -2.32. The zero-order chi connectivity index (χ0) is 12.8. The van der Waals surface area contributed by atoms with Crippen LogP contribution in [0.2, 0.25) is 0 Å². The van der Waals surface area contributed by atoms with Crippen molar-refractivity contribution in [1.82, 2.24) is 5.32 Å². The molecule has 0 saturated carbocycles. The quantitative estimate of drug-likeness (QED) is 0.857. The summed E-state index contributed by atoms with van der Waals surface area (Å²) < 4.78 is 0. The number of rotatable bonds is 4. The molecule has 0 spiro atoms. The Morgan fingerprint density at radius 1 is 1.39 bits per heavy atom. The molecular formula is C15H22N2O. The SMILES string of the molecule is CCc1ccc(NC(=O)CC2CCCNC2)cc1. The van der Waals surface area contributed by atoms with Gasteiger partial charge in [0.25, 0.3) is 0 Å². The molecule has 0 radical (unpaired) electrons. The molecule has 1 saturated heterocycles. The topological polar surface area (TPSA) is 41.1 Å². The number of hydrogen-bond acceptors (Lipinski definition) is 2. The normalized spacial score (nSPS) is 19.5. The van der Waals surface area contributed by atoms with Crippen LogP contribution in [0.5, 0.6) is 0 Å². The largest absolute Gasteiger partial charge is 0.326 e. The molecule has 1 aromatic rings. The smallest absolute Gasteiger partial charge is 0.224 e. The van der Waals surface area contributed by atoms with Gasteiger partial charge in [-0.3, -0.25) is 4.79 Å². The van der Waals surface area contributed by atoms with E-state index in [-0.39, 0.29) is 5.91 Å². The lowest BCUT2D eigenvalue weighted by Gasteiger charge is -2.22. The fraction of sp³-hybridized carbons (Fsp3) is 0.533. The molecule has 3 nitrogen and oxygen atoms in total. The maximum atomic E-state index is 11.9. The minimum atomic E-state index is 0.132. The minimum Gasteiger partial charge on any atom is -0.326 e. The zero-order valence-corrected chi connectivity index (χ0v) is 11.0. The average molecular weight is 246 g/mol. The predicted octanol–water partition coefficient (Wildman–Crippen LogP) is 2.58. The maximum Gasteiger partial charge on any atom is 0.224 e. The molecule has 1 fully saturated rings. The number of nitrogens with one attached hydrogen (secondary N) is 2. The first-order valence-electron chi connectivity index (χ1n) is 6.87. The van der Waals surface area contributed by atoms with Crippen LogP contribution < -0.4 is 10.6 Å². The van der Waals surface area contributed by atoms with Crippen LogP contribution in [0.1, 0.15) is 31.7 Å². The van der Waals surface area contributed by atoms with Gasteiger partial charge in [0, 0.05) is 12.1 Å². The summed E-state index contributed by atoms with van der Waals surface area (Å²) in [5, 5.41) is 6.31. The van der Waals surface area contributed by atoms with Crippen LogP contribution in [0, 0.1) is 5.92 Å². The molecular weight excluding hydrogens is 224 g/mol. The highest BCUT2D eigenvalue weighted by molar-refractivity contribution is 5.90. The highest BCUT2D eigenvalue weighted by atomic mass is 16.1. The van der Waals surface area contributed by atoms with E-state index in [1.165, 1.54) is 12.0 Å². The third-order valence-electron chi connectivity index (χ3n) is 3.52. The van der Waals surface area contributed by atoms with E-state index in [0.29, 0.717) is 12.3 Å². The summed E-state index contributed by atoms with van der Waals surface area (Å²) >= 11 is 0. The Balaban J connectivity index is 1.82. The molecule has 1 aromatic carbocycles. The predicted molar refractivity (Wildman–Crippen MR) is 74.7 cm³/mol. The summed E-state index contributed by atoms with van der Waals surface area (Å²) in [5.41, 5.74) is 2.20. The average Bonchev–Trinajstić information content (AvgIpc) is 2.40. The van der Waals surface area contributed by atoms with Gasteiger partial charge in [0.2, 0.25) is 5.91 Å². The summed E-state index contributed by atoms with van der Waals surface area (Å²) in [6.45, 7) is 4.20. The van der Waals surface area contributed by atoms with Gasteiger partial charge in [0.15, 0.2) is 0 Å². The maximum absolute atomic E-state index is 11.9. The van der Waals surface area contributed by atoms with Crippen molar-refractivity contribution in [2.75, 3.05) is 18.4 Å². The van der Waals surface area contributed by atoms with E-state index in [2.05, 4.69) is 29.7 Å². The van der Waals surface area contributed by atoms with Crippen LogP contribution in [-0.4, -0.2) is 19.0 Å². The molecule has 18 heavy (non-hydrogen) atoms. The highest BCUT2D eigenvalue weighted by Gasteiger charge is 2.16. The van der Waals surface area contributed by atoms with Crippen molar-refractivity contribution in [2.24, 2.45) is 5.92 Å². The fourth-order valence-electron chi connectivity index (χ4n) is 2.40. The summed E-state index contributed by atoms with van der Waals surface area (Å²) in [6, 6.07) is 8.10. The Hall–Kier alpha value is -1.35. The number of piperidine rings is 1. The molecule has 0 aliphatic carbocycles. The lowest BCUT2D eigenvalue weighted by molar-refractivity contribution is -0.117. The first-order chi connectivity index (χ1) is 8.78. The fourth-order valence-corrected chi connectivity index (χ4v) is 2.40. The molecule has 1 amide bonds. The molecule has 1 unspecified atom stereocenters. The summed E-state index contributed by atoms with van der Waals surface area (Å²) in [7, 11) is 0. The standard InChI is InChI=1S/C15H22N2O/c1-2-12-5-7-14(8-6-12)17-15(18)10-13-4-3-9-16-11-13/h5-8,13,16H,2-4,9-11H2,1H3,(H,17,18). The second-order valence-electron chi connectivity index (χ2n) is 5.02. The van der Waals surface area contributed by atoms with Gasteiger partial charge in [-0.05, 0) is 56.0 Å². The Labute approximate surface area is 109 Å². The number of aryl methyl sites for hydroxylation is 1. The van der Waals surface area contributed by atoms with E-state index in [1.54, 1.807) is 0 Å². The molecule has 0 aromatic heterocycles. The van der Waals surface area contributed by atoms with Gasteiger partial charge >= 0.3 is 0 Å². The monoisotopic (exact) mass is 246 g/mol.